The third-order valence-corrected chi connectivity index (χ3v) is 8.96. The molecule has 2 aliphatic heterocycles. The maximum atomic E-state index is 13.4. The highest BCUT2D eigenvalue weighted by Gasteiger charge is 2.54. The van der Waals surface area contributed by atoms with Crippen LogP contribution in [0, 0.1) is 10.1 Å². The number of nitro groups is 1. The molecule has 0 spiro atoms. The van der Waals surface area contributed by atoms with Crippen molar-refractivity contribution in [1.82, 2.24) is 10.2 Å². The summed E-state index contributed by atoms with van der Waals surface area (Å²) in [4.78, 5) is 51.7. The fourth-order valence-corrected chi connectivity index (χ4v) is 6.83. The summed E-state index contributed by atoms with van der Waals surface area (Å²) in [6.07, 6.45) is 0. The average Bonchev–Trinajstić information content (AvgIpc) is 3.01. The van der Waals surface area contributed by atoms with Gasteiger partial charge in [-0.05, 0) is 35.4 Å². The van der Waals surface area contributed by atoms with E-state index in [9.17, 15) is 24.5 Å². The lowest BCUT2D eigenvalue weighted by Crippen LogP contribution is -2.70. The van der Waals surface area contributed by atoms with Gasteiger partial charge in [-0.2, -0.15) is 0 Å². The summed E-state index contributed by atoms with van der Waals surface area (Å²) in [6.45, 7) is -0.364. The zero-order valence-corrected chi connectivity index (χ0v) is 23.3. The quantitative estimate of drug-likeness (QED) is 0.151. The highest BCUT2D eigenvalue weighted by atomic mass is 32.2. The standard InChI is InChI=1S/C29H25N3O7S2/c33-24(16-38-22-9-5-2-6-10-22)30-25-27(34)31-26(29(35)39-15-19-11-13-21(14-12-19)32(36)37)23(18-41-28(25)31)40-17-20-7-3-1-4-8-20/h1-14,25,28H,15-18H2,(H,30,33)/t25-,28+/m1/s1. The number of ether oxygens (including phenoxy) is 2. The molecule has 2 heterocycles. The van der Waals surface area contributed by atoms with E-state index in [4.69, 9.17) is 9.47 Å². The molecule has 0 radical (unpaired) electrons. The van der Waals surface area contributed by atoms with Gasteiger partial charge in [0.1, 0.15) is 29.5 Å². The molecule has 2 atom stereocenters. The van der Waals surface area contributed by atoms with Crippen LogP contribution in [0.2, 0.25) is 0 Å². The van der Waals surface area contributed by atoms with Gasteiger partial charge in [0.05, 0.1) is 4.92 Å². The predicted molar refractivity (Wildman–Crippen MR) is 155 cm³/mol. The van der Waals surface area contributed by atoms with Gasteiger partial charge in [0.15, 0.2) is 6.61 Å². The number of esters is 1. The highest BCUT2D eigenvalue weighted by molar-refractivity contribution is 8.05. The predicted octanol–water partition coefficient (Wildman–Crippen LogP) is 4.26. The Morgan fingerprint density at radius 2 is 1.68 bits per heavy atom. The number of thioether (sulfide) groups is 2. The summed E-state index contributed by atoms with van der Waals surface area (Å²) in [7, 11) is 0. The first-order valence-corrected chi connectivity index (χ1v) is 14.7. The Kier molecular flexibility index (Phi) is 8.90. The number of hydrogen-bond acceptors (Lipinski definition) is 9. The van der Waals surface area contributed by atoms with Crippen molar-refractivity contribution in [3.8, 4) is 5.75 Å². The second-order valence-corrected chi connectivity index (χ2v) is 11.3. The topological polar surface area (TPSA) is 128 Å². The van der Waals surface area contributed by atoms with Crippen molar-refractivity contribution in [3.63, 3.8) is 0 Å². The minimum atomic E-state index is -0.801. The molecule has 3 aromatic rings. The lowest BCUT2D eigenvalue weighted by Gasteiger charge is -2.49. The van der Waals surface area contributed by atoms with Crippen LogP contribution in [-0.2, 0) is 31.5 Å². The number of nitrogens with zero attached hydrogens (tertiary/aromatic N) is 2. The normalized spacial score (nSPS) is 17.8. The summed E-state index contributed by atoms with van der Waals surface area (Å²) in [5.41, 5.74) is 1.73. The van der Waals surface area contributed by atoms with E-state index >= 15 is 0 Å². The van der Waals surface area contributed by atoms with Gasteiger partial charge < -0.3 is 14.8 Å². The number of carbonyl (C=O) groups is 3. The van der Waals surface area contributed by atoms with Gasteiger partial charge in [0, 0.05) is 28.5 Å². The number of amides is 2. The second-order valence-electron chi connectivity index (χ2n) is 9.10. The van der Waals surface area contributed by atoms with Crippen molar-refractivity contribution in [3.05, 3.63) is 117 Å². The van der Waals surface area contributed by atoms with E-state index in [1.165, 1.54) is 52.7 Å². The van der Waals surface area contributed by atoms with Gasteiger partial charge in [-0.1, -0.05) is 48.5 Å². The Morgan fingerprint density at radius 1 is 1.00 bits per heavy atom. The molecule has 10 nitrogen and oxygen atoms in total. The van der Waals surface area contributed by atoms with Gasteiger partial charge in [-0.15, -0.1) is 23.5 Å². The van der Waals surface area contributed by atoms with Crippen molar-refractivity contribution in [2.45, 2.75) is 23.8 Å². The van der Waals surface area contributed by atoms with E-state index in [0.717, 1.165) is 5.56 Å². The molecule has 5 rings (SSSR count). The minimum Gasteiger partial charge on any atom is -0.484 e. The summed E-state index contributed by atoms with van der Waals surface area (Å²) >= 11 is 2.92. The molecule has 3 aromatic carbocycles. The third-order valence-electron chi connectivity index (χ3n) is 6.33. The fraction of sp³-hybridized carbons (Fsp3) is 0.207. The number of rotatable bonds is 11. The Labute approximate surface area is 244 Å². The average molecular weight is 592 g/mol. The molecule has 41 heavy (non-hydrogen) atoms. The smallest absolute Gasteiger partial charge is 0.356 e. The zero-order valence-electron chi connectivity index (χ0n) is 21.6. The molecule has 12 heteroatoms. The van der Waals surface area contributed by atoms with Crippen LogP contribution in [0.4, 0.5) is 5.69 Å². The van der Waals surface area contributed by atoms with Crippen LogP contribution in [0.25, 0.3) is 0 Å². The minimum absolute atomic E-state index is 0.0667. The van der Waals surface area contributed by atoms with Crippen LogP contribution in [0.15, 0.2) is 95.5 Å². The van der Waals surface area contributed by atoms with Crippen LogP contribution >= 0.6 is 23.5 Å². The molecule has 0 unspecified atom stereocenters. The number of fused-ring (bicyclic) bond motifs is 1. The van der Waals surface area contributed by atoms with Gasteiger partial charge in [-0.25, -0.2) is 4.79 Å². The van der Waals surface area contributed by atoms with Crippen molar-refractivity contribution in [2.24, 2.45) is 0 Å². The van der Waals surface area contributed by atoms with Crippen LogP contribution in [0.5, 0.6) is 5.75 Å². The molecule has 0 aliphatic carbocycles. The molecule has 0 bridgehead atoms. The summed E-state index contributed by atoms with van der Waals surface area (Å²) in [5.74, 6) is 0.0748. The lowest BCUT2D eigenvalue weighted by molar-refractivity contribution is -0.384. The maximum absolute atomic E-state index is 13.4. The molecule has 2 amide bonds. The third kappa shape index (κ3) is 6.72. The van der Waals surface area contributed by atoms with Crippen LogP contribution in [0.1, 0.15) is 11.1 Å². The summed E-state index contributed by atoms with van der Waals surface area (Å²) < 4.78 is 11.1. The van der Waals surface area contributed by atoms with Crippen LogP contribution < -0.4 is 10.1 Å². The van der Waals surface area contributed by atoms with Crippen molar-refractivity contribution in [1.29, 1.82) is 0 Å². The van der Waals surface area contributed by atoms with Crippen molar-refractivity contribution >= 4 is 47.0 Å². The first-order valence-electron chi connectivity index (χ1n) is 12.6. The fourth-order valence-electron chi connectivity index (χ4n) is 4.25. The van der Waals surface area contributed by atoms with E-state index in [2.05, 4.69) is 5.32 Å². The maximum Gasteiger partial charge on any atom is 0.356 e. The summed E-state index contributed by atoms with van der Waals surface area (Å²) in [6, 6.07) is 23.5. The van der Waals surface area contributed by atoms with E-state index in [1.807, 2.05) is 36.4 Å². The largest absolute Gasteiger partial charge is 0.484 e. The number of non-ortho nitro benzene ring substituents is 1. The van der Waals surface area contributed by atoms with Gasteiger partial charge in [0.2, 0.25) is 0 Å². The van der Waals surface area contributed by atoms with Crippen molar-refractivity contribution in [2.75, 3.05) is 12.4 Å². The number of benzene rings is 3. The molecule has 210 valence electrons. The first-order chi connectivity index (χ1) is 19.9. The van der Waals surface area contributed by atoms with Gasteiger partial charge >= 0.3 is 5.97 Å². The molecule has 2 aliphatic rings. The number of β-lactam (4-membered cyclic amide) rings is 1. The number of nitrogens with one attached hydrogen (secondary N) is 1. The SMILES string of the molecule is O=C(COc1ccccc1)N[C@@H]1C(=O)N2C(C(=O)OCc3ccc([N+](=O)[O-])cc3)=C(SCc3ccccc3)CS[C@@H]12. The first kappa shape index (κ1) is 28.2. The van der Waals surface area contributed by atoms with E-state index in [0.29, 0.717) is 27.7 Å². The molecule has 1 fully saturated rings. The Balaban J connectivity index is 1.28. The highest BCUT2D eigenvalue weighted by Crippen LogP contribution is 2.44. The Bertz CT molecular complexity index is 1470. The van der Waals surface area contributed by atoms with Crippen LogP contribution in [-0.4, -0.2) is 51.4 Å². The van der Waals surface area contributed by atoms with E-state index in [1.54, 1.807) is 24.3 Å². The number of para-hydroxylation sites is 1. The number of nitro benzene ring substituents is 1. The number of hydrogen-bond donors (Lipinski definition) is 1. The molecule has 1 saturated heterocycles. The molecule has 0 aromatic heterocycles. The Morgan fingerprint density at radius 3 is 2.37 bits per heavy atom. The van der Waals surface area contributed by atoms with E-state index < -0.39 is 34.1 Å². The molecule has 0 saturated carbocycles. The summed E-state index contributed by atoms with van der Waals surface area (Å²) in [5, 5.41) is 13.2. The van der Waals surface area contributed by atoms with Crippen LogP contribution in [0.3, 0.4) is 0 Å². The monoisotopic (exact) mass is 591 g/mol. The zero-order chi connectivity index (χ0) is 28.8. The molecule has 1 N–H and O–H groups in total. The lowest BCUT2D eigenvalue weighted by atomic mass is 10.1. The van der Waals surface area contributed by atoms with Gasteiger partial charge in [0.25, 0.3) is 17.5 Å². The van der Waals surface area contributed by atoms with Gasteiger partial charge in [-0.3, -0.25) is 24.6 Å². The molecular weight excluding hydrogens is 566 g/mol. The molecular formula is C29H25N3O7S2. The number of carbonyl (C=O) groups excluding carboxylic acids is 3. The Hall–Kier alpha value is -4.29. The van der Waals surface area contributed by atoms with Crippen molar-refractivity contribution < 1.29 is 28.8 Å². The second kappa shape index (κ2) is 12.9. The van der Waals surface area contributed by atoms with E-state index in [-0.39, 0.29) is 24.6 Å².